The summed E-state index contributed by atoms with van der Waals surface area (Å²) in [6.07, 6.45) is 0.544. The summed E-state index contributed by atoms with van der Waals surface area (Å²) in [5.74, 6) is -0.721. The van der Waals surface area contributed by atoms with E-state index in [0.29, 0.717) is 17.9 Å². The van der Waals surface area contributed by atoms with Crippen LogP contribution in [0.2, 0.25) is 0 Å². The standard InChI is InChI=1S/C14H14O6/c1-17-13(15)12-9(6-18-14(12)16)4-8-2-3-10-11(5-8)20-7-19-10/h2-3,5,9,12H,4,6-7H2,1H3/t9-,12+/m0/s1. The average Bonchev–Trinajstić information content (AvgIpc) is 3.04. The zero-order valence-corrected chi connectivity index (χ0v) is 11.0. The summed E-state index contributed by atoms with van der Waals surface area (Å²) in [5.41, 5.74) is 0.964. The van der Waals surface area contributed by atoms with Gasteiger partial charge in [-0.25, -0.2) is 0 Å². The lowest BCUT2D eigenvalue weighted by atomic mass is 9.89. The monoisotopic (exact) mass is 278 g/mol. The molecule has 3 rings (SSSR count). The van der Waals surface area contributed by atoms with Crippen LogP contribution in [0.5, 0.6) is 11.5 Å². The highest BCUT2D eigenvalue weighted by atomic mass is 16.7. The quantitative estimate of drug-likeness (QED) is 0.605. The largest absolute Gasteiger partial charge is 0.468 e. The van der Waals surface area contributed by atoms with E-state index in [0.717, 1.165) is 5.56 Å². The summed E-state index contributed by atoms with van der Waals surface area (Å²) >= 11 is 0. The maximum Gasteiger partial charge on any atom is 0.320 e. The molecule has 1 saturated heterocycles. The zero-order chi connectivity index (χ0) is 14.1. The fraction of sp³-hybridized carbons (Fsp3) is 0.429. The molecule has 6 nitrogen and oxygen atoms in total. The number of cyclic esters (lactones) is 1. The van der Waals surface area contributed by atoms with Crippen LogP contribution in [0, 0.1) is 11.8 Å². The predicted octanol–water partition coefficient (Wildman–Crippen LogP) is 0.920. The molecule has 6 heteroatoms. The summed E-state index contributed by atoms with van der Waals surface area (Å²) in [6, 6.07) is 5.58. The first-order valence-electron chi connectivity index (χ1n) is 6.32. The van der Waals surface area contributed by atoms with Gasteiger partial charge in [0, 0.05) is 5.92 Å². The van der Waals surface area contributed by atoms with Crippen LogP contribution in [-0.2, 0) is 25.5 Å². The Morgan fingerprint density at radius 1 is 1.30 bits per heavy atom. The van der Waals surface area contributed by atoms with Crippen molar-refractivity contribution in [3.05, 3.63) is 23.8 Å². The lowest BCUT2D eigenvalue weighted by Gasteiger charge is -2.13. The zero-order valence-electron chi connectivity index (χ0n) is 11.0. The smallest absolute Gasteiger partial charge is 0.320 e. The molecule has 0 aliphatic carbocycles. The number of carbonyl (C=O) groups is 2. The minimum absolute atomic E-state index is 0.213. The summed E-state index contributed by atoms with van der Waals surface area (Å²) < 4.78 is 20.2. The minimum atomic E-state index is -0.842. The van der Waals surface area contributed by atoms with Crippen LogP contribution < -0.4 is 9.47 Å². The van der Waals surface area contributed by atoms with E-state index in [-0.39, 0.29) is 19.3 Å². The minimum Gasteiger partial charge on any atom is -0.468 e. The third-order valence-electron chi connectivity index (χ3n) is 3.55. The Labute approximate surface area is 115 Å². The van der Waals surface area contributed by atoms with Gasteiger partial charge in [0.25, 0.3) is 0 Å². The molecule has 0 aromatic heterocycles. The van der Waals surface area contributed by atoms with Crippen molar-refractivity contribution in [1.29, 1.82) is 0 Å². The molecule has 0 bridgehead atoms. The number of ether oxygens (including phenoxy) is 4. The van der Waals surface area contributed by atoms with Gasteiger partial charge < -0.3 is 18.9 Å². The molecular weight excluding hydrogens is 264 g/mol. The topological polar surface area (TPSA) is 71.1 Å². The van der Waals surface area contributed by atoms with Gasteiger partial charge in [-0.3, -0.25) is 9.59 Å². The number of esters is 2. The predicted molar refractivity (Wildman–Crippen MR) is 66.2 cm³/mol. The molecule has 1 aromatic carbocycles. The second-order valence-electron chi connectivity index (χ2n) is 4.78. The van der Waals surface area contributed by atoms with E-state index < -0.39 is 17.9 Å². The Morgan fingerprint density at radius 3 is 2.90 bits per heavy atom. The van der Waals surface area contributed by atoms with E-state index in [1.54, 1.807) is 0 Å². The maximum atomic E-state index is 11.6. The van der Waals surface area contributed by atoms with E-state index in [4.69, 9.17) is 14.2 Å². The number of methoxy groups -OCH3 is 1. The molecule has 2 heterocycles. The Balaban J connectivity index is 1.77. The molecule has 0 amide bonds. The first-order valence-corrected chi connectivity index (χ1v) is 6.32. The Morgan fingerprint density at radius 2 is 2.10 bits per heavy atom. The van der Waals surface area contributed by atoms with E-state index >= 15 is 0 Å². The van der Waals surface area contributed by atoms with Crippen molar-refractivity contribution in [3.8, 4) is 11.5 Å². The van der Waals surface area contributed by atoms with Crippen molar-refractivity contribution < 1.29 is 28.5 Å². The van der Waals surface area contributed by atoms with E-state index in [2.05, 4.69) is 4.74 Å². The SMILES string of the molecule is COC(=O)[C@@H]1C(=O)OC[C@@H]1Cc1ccc2c(c1)OCO2. The van der Waals surface area contributed by atoms with Gasteiger partial charge in [-0.15, -0.1) is 0 Å². The van der Waals surface area contributed by atoms with Gasteiger partial charge in [-0.2, -0.15) is 0 Å². The van der Waals surface area contributed by atoms with Crippen molar-refractivity contribution in [2.45, 2.75) is 6.42 Å². The number of carbonyl (C=O) groups excluding carboxylic acids is 2. The van der Waals surface area contributed by atoms with Crippen molar-refractivity contribution in [2.24, 2.45) is 11.8 Å². The summed E-state index contributed by atoms with van der Waals surface area (Å²) in [6.45, 7) is 0.446. The first kappa shape index (κ1) is 12.8. The molecule has 0 radical (unpaired) electrons. The molecule has 1 aromatic rings. The van der Waals surface area contributed by atoms with E-state index in [1.165, 1.54) is 7.11 Å². The molecule has 0 unspecified atom stereocenters. The van der Waals surface area contributed by atoms with E-state index in [1.807, 2.05) is 18.2 Å². The fourth-order valence-corrected chi connectivity index (χ4v) is 2.53. The van der Waals surface area contributed by atoms with Crippen LogP contribution >= 0.6 is 0 Å². The molecule has 106 valence electrons. The molecule has 0 saturated carbocycles. The van der Waals surface area contributed by atoms with Crippen molar-refractivity contribution in [2.75, 3.05) is 20.5 Å². The van der Waals surface area contributed by atoms with Gasteiger partial charge in [-0.1, -0.05) is 6.07 Å². The molecule has 1 fully saturated rings. The van der Waals surface area contributed by atoms with Crippen LogP contribution in [0.1, 0.15) is 5.56 Å². The Kier molecular flexibility index (Phi) is 3.22. The molecule has 2 atom stereocenters. The van der Waals surface area contributed by atoms with Crippen LogP contribution in [0.15, 0.2) is 18.2 Å². The van der Waals surface area contributed by atoms with Gasteiger partial charge in [0.2, 0.25) is 6.79 Å². The highest BCUT2D eigenvalue weighted by Crippen LogP contribution is 2.34. The van der Waals surface area contributed by atoms with Gasteiger partial charge in [0.1, 0.15) is 0 Å². The van der Waals surface area contributed by atoms with Gasteiger partial charge in [0.05, 0.1) is 13.7 Å². The first-order chi connectivity index (χ1) is 9.69. The van der Waals surface area contributed by atoms with Gasteiger partial charge >= 0.3 is 11.9 Å². The number of hydrogen-bond acceptors (Lipinski definition) is 6. The van der Waals surface area contributed by atoms with Crippen molar-refractivity contribution in [1.82, 2.24) is 0 Å². The normalized spacial score (nSPS) is 23.6. The molecule has 0 N–H and O–H groups in total. The van der Waals surface area contributed by atoms with Crippen molar-refractivity contribution >= 4 is 11.9 Å². The van der Waals surface area contributed by atoms with E-state index in [9.17, 15) is 9.59 Å². The number of benzene rings is 1. The molecule has 20 heavy (non-hydrogen) atoms. The lowest BCUT2D eigenvalue weighted by Crippen LogP contribution is -2.28. The van der Waals surface area contributed by atoms with Crippen LogP contribution in [-0.4, -0.2) is 32.4 Å². The van der Waals surface area contributed by atoms with Gasteiger partial charge in [0.15, 0.2) is 17.4 Å². The average molecular weight is 278 g/mol. The Hall–Kier alpha value is -2.24. The third kappa shape index (κ3) is 2.17. The molecule has 2 aliphatic rings. The lowest BCUT2D eigenvalue weighted by molar-refractivity contribution is -0.154. The number of hydrogen-bond donors (Lipinski definition) is 0. The van der Waals surface area contributed by atoms with Crippen LogP contribution in [0.3, 0.4) is 0 Å². The van der Waals surface area contributed by atoms with Crippen molar-refractivity contribution in [3.63, 3.8) is 0 Å². The maximum absolute atomic E-state index is 11.6. The Bertz CT molecular complexity index is 553. The van der Waals surface area contributed by atoms with Gasteiger partial charge in [-0.05, 0) is 24.1 Å². The molecular formula is C14H14O6. The summed E-state index contributed by atoms with van der Waals surface area (Å²) in [4.78, 5) is 23.2. The third-order valence-corrected chi connectivity index (χ3v) is 3.55. The fourth-order valence-electron chi connectivity index (χ4n) is 2.53. The number of rotatable bonds is 3. The highest BCUT2D eigenvalue weighted by molar-refractivity contribution is 5.96. The number of fused-ring (bicyclic) bond motifs is 1. The second kappa shape index (κ2) is 5.03. The summed E-state index contributed by atoms with van der Waals surface area (Å²) in [7, 11) is 1.27. The van der Waals surface area contributed by atoms with Crippen LogP contribution in [0.25, 0.3) is 0 Å². The highest BCUT2D eigenvalue weighted by Gasteiger charge is 2.43. The summed E-state index contributed by atoms with van der Waals surface area (Å²) in [5, 5.41) is 0. The van der Waals surface area contributed by atoms with Crippen LogP contribution in [0.4, 0.5) is 0 Å². The second-order valence-corrected chi connectivity index (χ2v) is 4.78. The molecule has 0 spiro atoms. The molecule has 2 aliphatic heterocycles.